The third kappa shape index (κ3) is 3.81. The summed E-state index contributed by atoms with van der Waals surface area (Å²) in [7, 11) is 4.57. The molecule has 0 aromatic heterocycles. The third-order valence-electron chi connectivity index (χ3n) is 4.60. The first kappa shape index (κ1) is 18.9. The first-order chi connectivity index (χ1) is 11.9. The van der Waals surface area contributed by atoms with E-state index in [0.29, 0.717) is 48.9 Å². The highest BCUT2D eigenvalue weighted by Gasteiger charge is 2.41. The topological polar surface area (TPSA) is 77.1 Å². The molecule has 2 amide bonds. The summed E-state index contributed by atoms with van der Waals surface area (Å²) in [5, 5.41) is 2.91. The number of amides is 2. The van der Waals surface area contributed by atoms with E-state index in [1.165, 1.54) is 21.3 Å². The van der Waals surface area contributed by atoms with Gasteiger partial charge in [-0.25, -0.2) is 0 Å². The molecule has 0 radical (unpaired) electrons. The van der Waals surface area contributed by atoms with Crippen LogP contribution in [-0.2, 0) is 9.59 Å². The molecule has 2 rings (SSSR count). The Hall–Kier alpha value is -2.44. The molecule has 1 heterocycles. The molecule has 1 atom stereocenters. The number of nitrogens with zero attached hydrogens (tertiary/aromatic N) is 1. The quantitative estimate of drug-likeness (QED) is 0.852. The Morgan fingerprint density at radius 2 is 1.76 bits per heavy atom. The maximum absolute atomic E-state index is 12.8. The van der Waals surface area contributed by atoms with E-state index in [-0.39, 0.29) is 11.8 Å². The zero-order valence-electron chi connectivity index (χ0n) is 15.5. The minimum absolute atomic E-state index is 0.0734. The van der Waals surface area contributed by atoms with Crippen LogP contribution >= 0.6 is 0 Å². The van der Waals surface area contributed by atoms with Crippen molar-refractivity contribution in [3.8, 4) is 17.2 Å². The Balaban J connectivity index is 2.19. The summed E-state index contributed by atoms with van der Waals surface area (Å²) in [4.78, 5) is 26.4. The number of nitrogens with one attached hydrogen (secondary N) is 1. The van der Waals surface area contributed by atoms with Crippen LogP contribution in [0.25, 0.3) is 0 Å². The maximum Gasteiger partial charge on any atom is 0.232 e. The fourth-order valence-corrected chi connectivity index (χ4v) is 3.02. The molecule has 1 unspecified atom stereocenters. The molecule has 0 bridgehead atoms. The SMILES string of the molecule is CCC(=O)N1CCC(C)(C(=O)Nc2cc(OC)c(OC)c(OC)c2)C1. The number of carbonyl (C=O) groups is 2. The van der Waals surface area contributed by atoms with Crippen molar-refractivity contribution in [2.45, 2.75) is 26.7 Å². The van der Waals surface area contributed by atoms with Crippen molar-refractivity contribution in [1.29, 1.82) is 0 Å². The molecular formula is C18H26N2O5. The number of likely N-dealkylation sites (tertiary alicyclic amines) is 1. The van der Waals surface area contributed by atoms with Crippen LogP contribution in [0.15, 0.2) is 12.1 Å². The average molecular weight is 350 g/mol. The highest BCUT2D eigenvalue weighted by molar-refractivity contribution is 5.96. The van der Waals surface area contributed by atoms with E-state index in [1.54, 1.807) is 17.0 Å². The van der Waals surface area contributed by atoms with Crippen molar-refractivity contribution in [1.82, 2.24) is 4.90 Å². The largest absolute Gasteiger partial charge is 0.493 e. The minimum atomic E-state index is -0.620. The summed E-state index contributed by atoms with van der Waals surface area (Å²) in [6.45, 7) is 4.74. The highest BCUT2D eigenvalue weighted by atomic mass is 16.5. The van der Waals surface area contributed by atoms with Crippen LogP contribution in [0.5, 0.6) is 17.2 Å². The number of anilines is 1. The zero-order chi connectivity index (χ0) is 18.6. The second-order valence-electron chi connectivity index (χ2n) is 6.35. The van der Waals surface area contributed by atoms with Crippen molar-refractivity contribution in [3.05, 3.63) is 12.1 Å². The van der Waals surface area contributed by atoms with Gasteiger partial charge >= 0.3 is 0 Å². The van der Waals surface area contributed by atoms with Gasteiger partial charge in [0.2, 0.25) is 17.6 Å². The van der Waals surface area contributed by atoms with E-state index in [0.717, 1.165) is 0 Å². The van der Waals surface area contributed by atoms with E-state index in [1.807, 2.05) is 13.8 Å². The number of rotatable bonds is 6. The molecule has 1 aromatic carbocycles. The molecule has 1 aliphatic rings. The second kappa shape index (κ2) is 7.63. The Morgan fingerprint density at radius 1 is 1.16 bits per heavy atom. The van der Waals surface area contributed by atoms with Gasteiger partial charge in [0.15, 0.2) is 11.5 Å². The van der Waals surface area contributed by atoms with Gasteiger partial charge in [0.1, 0.15) is 0 Å². The van der Waals surface area contributed by atoms with Crippen molar-refractivity contribution >= 4 is 17.5 Å². The van der Waals surface area contributed by atoms with Gasteiger partial charge in [-0.3, -0.25) is 9.59 Å². The summed E-state index contributed by atoms with van der Waals surface area (Å²) in [5.41, 5.74) is -0.0633. The number of ether oxygens (including phenoxy) is 3. The van der Waals surface area contributed by atoms with Crippen LogP contribution in [0.2, 0.25) is 0 Å². The van der Waals surface area contributed by atoms with Gasteiger partial charge in [-0.05, 0) is 13.3 Å². The summed E-state index contributed by atoms with van der Waals surface area (Å²) < 4.78 is 15.9. The van der Waals surface area contributed by atoms with Crippen LogP contribution in [-0.4, -0.2) is 51.1 Å². The molecule has 1 aliphatic heterocycles. The first-order valence-electron chi connectivity index (χ1n) is 8.27. The zero-order valence-corrected chi connectivity index (χ0v) is 15.5. The van der Waals surface area contributed by atoms with Gasteiger partial charge < -0.3 is 24.4 Å². The van der Waals surface area contributed by atoms with Gasteiger partial charge in [0.25, 0.3) is 0 Å². The fraction of sp³-hybridized carbons (Fsp3) is 0.556. The molecule has 138 valence electrons. The molecule has 0 saturated carbocycles. The molecule has 0 aliphatic carbocycles. The van der Waals surface area contributed by atoms with Crippen molar-refractivity contribution in [2.24, 2.45) is 5.41 Å². The second-order valence-corrected chi connectivity index (χ2v) is 6.35. The molecular weight excluding hydrogens is 324 g/mol. The van der Waals surface area contributed by atoms with Gasteiger partial charge in [-0.1, -0.05) is 6.92 Å². The molecule has 1 saturated heterocycles. The monoisotopic (exact) mass is 350 g/mol. The number of hydrogen-bond acceptors (Lipinski definition) is 5. The molecule has 25 heavy (non-hydrogen) atoms. The molecule has 7 heteroatoms. The van der Waals surface area contributed by atoms with E-state index in [9.17, 15) is 9.59 Å². The fourth-order valence-electron chi connectivity index (χ4n) is 3.02. The van der Waals surface area contributed by atoms with E-state index >= 15 is 0 Å². The van der Waals surface area contributed by atoms with Crippen LogP contribution < -0.4 is 19.5 Å². The smallest absolute Gasteiger partial charge is 0.232 e. The van der Waals surface area contributed by atoms with Crippen molar-refractivity contribution < 1.29 is 23.8 Å². The summed E-state index contributed by atoms with van der Waals surface area (Å²) in [6.07, 6.45) is 1.08. The lowest BCUT2D eigenvalue weighted by molar-refractivity contribution is -0.131. The summed E-state index contributed by atoms with van der Waals surface area (Å²) in [6, 6.07) is 3.37. The lowest BCUT2D eigenvalue weighted by Gasteiger charge is -2.24. The lowest BCUT2D eigenvalue weighted by atomic mass is 9.88. The first-order valence-corrected chi connectivity index (χ1v) is 8.27. The van der Waals surface area contributed by atoms with Crippen LogP contribution in [0.3, 0.4) is 0 Å². The highest BCUT2D eigenvalue weighted by Crippen LogP contribution is 2.40. The standard InChI is InChI=1S/C18H26N2O5/c1-6-15(21)20-8-7-18(2,11-20)17(22)19-12-9-13(23-3)16(25-5)14(10-12)24-4/h9-10H,6-8,11H2,1-5H3,(H,19,22). The number of methoxy groups -OCH3 is 3. The van der Waals surface area contributed by atoms with E-state index in [4.69, 9.17) is 14.2 Å². The molecule has 1 fully saturated rings. The lowest BCUT2D eigenvalue weighted by Crippen LogP contribution is -2.38. The van der Waals surface area contributed by atoms with Gasteiger partial charge in [-0.15, -0.1) is 0 Å². The Kier molecular flexibility index (Phi) is 5.77. The Bertz CT molecular complexity index is 636. The van der Waals surface area contributed by atoms with Crippen LogP contribution in [0.4, 0.5) is 5.69 Å². The van der Waals surface area contributed by atoms with E-state index in [2.05, 4.69) is 5.32 Å². The summed E-state index contributed by atoms with van der Waals surface area (Å²) in [5.74, 6) is 1.35. The number of benzene rings is 1. The van der Waals surface area contributed by atoms with Crippen LogP contribution in [0, 0.1) is 5.41 Å². The molecule has 1 N–H and O–H groups in total. The van der Waals surface area contributed by atoms with Crippen molar-refractivity contribution in [2.75, 3.05) is 39.7 Å². The molecule has 0 spiro atoms. The predicted molar refractivity (Wildman–Crippen MR) is 94.3 cm³/mol. The molecule has 7 nitrogen and oxygen atoms in total. The predicted octanol–water partition coefficient (Wildman–Crippen LogP) is 2.30. The Morgan fingerprint density at radius 3 is 2.24 bits per heavy atom. The molecule has 1 aromatic rings. The van der Waals surface area contributed by atoms with Gasteiger partial charge in [0, 0.05) is 37.3 Å². The number of hydrogen-bond donors (Lipinski definition) is 1. The van der Waals surface area contributed by atoms with E-state index < -0.39 is 5.41 Å². The maximum atomic E-state index is 12.8. The summed E-state index contributed by atoms with van der Waals surface area (Å²) >= 11 is 0. The van der Waals surface area contributed by atoms with Gasteiger partial charge in [-0.2, -0.15) is 0 Å². The van der Waals surface area contributed by atoms with Crippen molar-refractivity contribution in [3.63, 3.8) is 0 Å². The average Bonchev–Trinajstić information content (AvgIpc) is 3.03. The van der Waals surface area contributed by atoms with Gasteiger partial charge in [0.05, 0.1) is 26.7 Å². The number of carbonyl (C=O) groups excluding carboxylic acids is 2. The minimum Gasteiger partial charge on any atom is -0.493 e. The third-order valence-corrected chi connectivity index (χ3v) is 4.60. The normalized spacial score (nSPS) is 19.5. The van der Waals surface area contributed by atoms with Crippen LogP contribution in [0.1, 0.15) is 26.7 Å². The Labute approximate surface area is 148 Å².